The quantitative estimate of drug-likeness (QED) is 0.711. The molecule has 11 heavy (non-hydrogen) atoms. The third-order valence-corrected chi connectivity index (χ3v) is 3.50. The van der Waals surface area contributed by atoms with E-state index < -0.39 is 0 Å². The molecule has 0 aliphatic heterocycles. The highest BCUT2D eigenvalue weighted by Crippen LogP contribution is 2.16. The average molecular weight is 209 g/mol. The van der Waals surface area contributed by atoms with Crippen molar-refractivity contribution in [3.8, 4) is 0 Å². The first-order valence-electron chi connectivity index (χ1n) is 3.27. The first-order valence-corrected chi connectivity index (χ1v) is 5.58. The van der Waals surface area contributed by atoms with Crippen molar-refractivity contribution in [3.63, 3.8) is 0 Å². The van der Waals surface area contributed by atoms with E-state index in [0.717, 1.165) is 11.4 Å². The Morgan fingerprint density at radius 1 is 1.82 bits per heavy atom. The van der Waals surface area contributed by atoms with Crippen molar-refractivity contribution in [3.05, 3.63) is 11.9 Å². The zero-order valence-electron chi connectivity index (χ0n) is 6.16. The topological polar surface area (TPSA) is 25.8 Å². The van der Waals surface area contributed by atoms with Gasteiger partial charge in [-0.3, -0.25) is 0 Å². The maximum absolute atomic E-state index is 5.64. The highest BCUT2D eigenvalue weighted by molar-refractivity contribution is 7.99. The summed E-state index contributed by atoms with van der Waals surface area (Å²) in [4.78, 5) is 0. The Kier molecular flexibility index (Phi) is 4.18. The van der Waals surface area contributed by atoms with Crippen LogP contribution in [0.5, 0.6) is 0 Å². The van der Waals surface area contributed by atoms with Crippen molar-refractivity contribution in [2.24, 2.45) is 0 Å². The standard InChI is InChI=1S/C6H9ClN2S2/c1-5(2-7)10-4-6-3-8-11-9-6/h3,5H,2,4H2,1H3. The van der Waals surface area contributed by atoms with Crippen LogP contribution in [0.15, 0.2) is 6.20 Å². The minimum Gasteiger partial charge on any atom is -0.181 e. The summed E-state index contributed by atoms with van der Waals surface area (Å²) >= 11 is 8.70. The third kappa shape index (κ3) is 3.40. The minimum absolute atomic E-state index is 0.498. The molecule has 0 spiro atoms. The van der Waals surface area contributed by atoms with Gasteiger partial charge in [0.05, 0.1) is 23.6 Å². The lowest BCUT2D eigenvalue weighted by Crippen LogP contribution is -1.97. The van der Waals surface area contributed by atoms with Crippen molar-refractivity contribution in [1.82, 2.24) is 8.75 Å². The molecule has 1 aromatic heterocycles. The maximum Gasteiger partial charge on any atom is 0.0841 e. The molecule has 0 aromatic carbocycles. The van der Waals surface area contributed by atoms with E-state index in [2.05, 4.69) is 15.7 Å². The van der Waals surface area contributed by atoms with Gasteiger partial charge in [-0.15, -0.1) is 11.6 Å². The summed E-state index contributed by atoms with van der Waals surface area (Å²) in [5, 5.41) is 0.498. The van der Waals surface area contributed by atoms with Crippen LogP contribution in [0.1, 0.15) is 12.6 Å². The Morgan fingerprint density at radius 3 is 3.18 bits per heavy atom. The van der Waals surface area contributed by atoms with Crippen LogP contribution < -0.4 is 0 Å². The van der Waals surface area contributed by atoms with Crippen molar-refractivity contribution in [2.75, 3.05) is 5.88 Å². The number of aromatic nitrogens is 2. The van der Waals surface area contributed by atoms with E-state index in [9.17, 15) is 0 Å². The zero-order valence-corrected chi connectivity index (χ0v) is 8.55. The van der Waals surface area contributed by atoms with Gasteiger partial charge in [-0.1, -0.05) is 6.92 Å². The van der Waals surface area contributed by atoms with Gasteiger partial charge in [0, 0.05) is 16.9 Å². The van der Waals surface area contributed by atoms with Crippen LogP contribution in [0.25, 0.3) is 0 Å². The van der Waals surface area contributed by atoms with Crippen LogP contribution in [0, 0.1) is 0 Å². The molecule has 0 aliphatic carbocycles. The third-order valence-electron chi connectivity index (χ3n) is 1.14. The Morgan fingerprint density at radius 2 is 2.64 bits per heavy atom. The maximum atomic E-state index is 5.64. The Balaban J connectivity index is 2.23. The number of halogens is 1. The van der Waals surface area contributed by atoms with E-state index in [-0.39, 0.29) is 0 Å². The van der Waals surface area contributed by atoms with E-state index >= 15 is 0 Å². The van der Waals surface area contributed by atoms with Gasteiger partial charge in [0.1, 0.15) is 0 Å². The molecule has 0 N–H and O–H groups in total. The van der Waals surface area contributed by atoms with Gasteiger partial charge in [-0.05, 0) is 0 Å². The van der Waals surface area contributed by atoms with Gasteiger partial charge in [-0.25, -0.2) is 0 Å². The molecule has 0 saturated heterocycles. The fourth-order valence-electron chi connectivity index (χ4n) is 0.520. The Labute approximate surface area is 79.7 Å². The van der Waals surface area contributed by atoms with Crippen LogP contribution >= 0.6 is 35.1 Å². The summed E-state index contributed by atoms with van der Waals surface area (Å²) < 4.78 is 8.00. The Bertz CT molecular complexity index is 190. The van der Waals surface area contributed by atoms with Crippen molar-refractivity contribution >= 4 is 35.1 Å². The molecule has 1 atom stereocenters. The number of hydrogen-bond acceptors (Lipinski definition) is 4. The monoisotopic (exact) mass is 208 g/mol. The molecule has 0 radical (unpaired) electrons. The molecule has 1 rings (SSSR count). The Hall–Kier alpha value is 0.200. The van der Waals surface area contributed by atoms with Crippen LogP contribution in [0.4, 0.5) is 0 Å². The van der Waals surface area contributed by atoms with Gasteiger partial charge < -0.3 is 0 Å². The molecule has 0 saturated carbocycles. The van der Waals surface area contributed by atoms with Gasteiger partial charge in [0.25, 0.3) is 0 Å². The summed E-state index contributed by atoms with van der Waals surface area (Å²) in [6.07, 6.45) is 1.80. The second-order valence-electron chi connectivity index (χ2n) is 2.17. The molecule has 1 unspecified atom stereocenters. The highest BCUT2D eigenvalue weighted by atomic mass is 35.5. The zero-order chi connectivity index (χ0) is 8.10. The molecule has 1 heterocycles. The SMILES string of the molecule is CC(CCl)SCc1cnsn1. The summed E-state index contributed by atoms with van der Waals surface area (Å²) in [6.45, 7) is 2.11. The molecule has 0 amide bonds. The van der Waals surface area contributed by atoms with E-state index in [4.69, 9.17) is 11.6 Å². The molecule has 0 fully saturated rings. The number of nitrogens with zero attached hydrogens (tertiary/aromatic N) is 2. The smallest absolute Gasteiger partial charge is 0.0841 e. The van der Waals surface area contributed by atoms with E-state index in [1.54, 1.807) is 18.0 Å². The summed E-state index contributed by atoms with van der Waals surface area (Å²) in [5.41, 5.74) is 1.05. The second kappa shape index (κ2) is 4.95. The lowest BCUT2D eigenvalue weighted by molar-refractivity contribution is 1.11. The molecular formula is C6H9ClN2S2. The number of alkyl halides is 1. The first kappa shape index (κ1) is 9.29. The van der Waals surface area contributed by atoms with Gasteiger partial charge in [-0.2, -0.15) is 20.5 Å². The molecular weight excluding hydrogens is 200 g/mol. The molecule has 0 bridgehead atoms. The van der Waals surface area contributed by atoms with Crippen molar-refractivity contribution < 1.29 is 0 Å². The average Bonchev–Trinajstić information content (AvgIpc) is 2.52. The summed E-state index contributed by atoms with van der Waals surface area (Å²) in [5.74, 6) is 1.62. The normalized spacial score (nSPS) is 13.3. The van der Waals surface area contributed by atoms with Crippen molar-refractivity contribution in [1.29, 1.82) is 0 Å². The molecule has 1 aromatic rings. The predicted octanol–water partition coefficient (Wildman–Crippen LogP) is 2.40. The van der Waals surface area contributed by atoms with E-state index in [1.807, 2.05) is 0 Å². The predicted molar refractivity (Wildman–Crippen MR) is 51.4 cm³/mol. The largest absolute Gasteiger partial charge is 0.181 e. The van der Waals surface area contributed by atoms with Gasteiger partial charge in [0.15, 0.2) is 0 Å². The number of rotatable bonds is 4. The molecule has 2 nitrogen and oxygen atoms in total. The fourth-order valence-corrected chi connectivity index (χ4v) is 1.98. The van der Waals surface area contributed by atoms with Crippen molar-refractivity contribution in [2.45, 2.75) is 17.9 Å². The molecule has 0 aliphatic rings. The van der Waals surface area contributed by atoms with E-state index in [0.29, 0.717) is 11.1 Å². The molecule has 5 heteroatoms. The highest BCUT2D eigenvalue weighted by Gasteiger charge is 2.02. The first-order chi connectivity index (χ1) is 5.33. The van der Waals surface area contributed by atoms with Crippen LogP contribution in [0.3, 0.4) is 0 Å². The lowest BCUT2D eigenvalue weighted by Gasteiger charge is -2.03. The van der Waals surface area contributed by atoms with Gasteiger partial charge >= 0.3 is 0 Å². The minimum atomic E-state index is 0.498. The lowest BCUT2D eigenvalue weighted by atomic mass is 10.5. The van der Waals surface area contributed by atoms with E-state index in [1.165, 1.54) is 11.7 Å². The van der Waals surface area contributed by atoms with Crippen LogP contribution in [0.2, 0.25) is 0 Å². The summed E-state index contributed by atoms with van der Waals surface area (Å²) in [7, 11) is 0. The number of hydrogen-bond donors (Lipinski definition) is 0. The fraction of sp³-hybridized carbons (Fsp3) is 0.667. The van der Waals surface area contributed by atoms with Crippen LogP contribution in [-0.4, -0.2) is 19.9 Å². The summed E-state index contributed by atoms with van der Waals surface area (Å²) in [6, 6.07) is 0. The second-order valence-corrected chi connectivity index (χ2v) is 4.47. The van der Waals surface area contributed by atoms with Gasteiger partial charge in [0.2, 0.25) is 0 Å². The molecule has 62 valence electrons. The number of thioether (sulfide) groups is 1. The van der Waals surface area contributed by atoms with Crippen LogP contribution in [-0.2, 0) is 5.75 Å².